The lowest BCUT2D eigenvalue weighted by Crippen LogP contribution is -2.46. The van der Waals surface area contributed by atoms with E-state index in [4.69, 9.17) is 5.11 Å². The van der Waals surface area contributed by atoms with Crippen LogP contribution in [0.4, 0.5) is 0 Å². The first-order valence-electron chi connectivity index (χ1n) is 9.48. The third-order valence-corrected chi connectivity index (χ3v) is 5.79. The fourth-order valence-corrected chi connectivity index (χ4v) is 4.47. The summed E-state index contributed by atoms with van der Waals surface area (Å²) in [5, 5.41) is 13.2. The molecule has 5 heteroatoms. The monoisotopic (exact) mass is 353 g/mol. The normalized spacial score (nSPS) is 22.2. The Hall–Kier alpha value is -2.11. The molecule has 26 heavy (non-hydrogen) atoms. The van der Waals surface area contributed by atoms with Crippen molar-refractivity contribution < 1.29 is 9.90 Å². The Bertz CT molecular complexity index is 868. The average Bonchev–Trinajstić information content (AvgIpc) is 2.96. The van der Waals surface area contributed by atoms with Crippen molar-refractivity contribution in [3.8, 4) is 0 Å². The summed E-state index contributed by atoms with van der Waals surface area (Å²) in [7, 11) is 4.23. The largest absolute Gasteiger partial charge is 0.396 e. The molecule has 0 fully saturated rings. The predicted octanol–water partition coefficient (Wildman–Crippen LogP) is 1.94. The number of aliphatic hydroxyl groups is 1. The van der Waals surface area contributed by atoms with Crippen LogP contribution in [-0.2, 0) is 18.3 Å². The first-order chi connectivity index (χ1) is 12.6. The fraction of sp³-hybridized carbons (Fsp3) is 0.476. The third-order valence-electron chi connectivity index (χ3n) is 5.79. The van der Waals surface area contributed by atoms with Crippen molar-refractivity contribution in [3.05, 3.63) is 41.6 Å². The summed E-state index contributed by atoms with van der Waals surface area (Å²) in [5.74, 6) is -0.0346. The SMILES string of the molecule is CN1C[C@H](C(=O)NCCCCO)C=C2c3cccc4c3c(cn4C)C[C@H]21. The maximum atomic E-state index is 12.6. The van der Waals surface area contributed by atoms with Gasteiger partial charge in [-0.25, -0.2) is 0 Å². The summed E-state index contributed by atoms with van der Waals surface area (Å²) in [4.78, 5) is 14.9. The number of aromatic nitrogens is 1. The van der Waals surface area contributed by atoms with Crippen molar-refractivity contribution in [2.24, 2.45) is 13.0 Å². The smallest absolute Gasteiger partial charge is 0.228 e. The minimum Gasteiger partial charge on any atom is -0.396 e. The van der Waals surface area contributed by atoms with Gasteiger partial charge in [0.05, 0.1) is 5.92 Å². The van der Waals surface area contributed by atoms with Gasteiger partial charge in [-0.1, -0.05) is 18.2 Å². The Balaban J connectivity index is 1.65. The molecule has 0 bridgehead atoms. The number of amides is 1. The Labute approximate surface area is 154 Å². The van der Waals surface area contributed by atoms with Crippen molar-refractivity contribution in [1.29, 1.82) is 0 Å². The summed E-state index contributed by atoms with van der Waals surface area (Å²) in [6.45, 7) is 1.56. The molecule has 4 rings (SSSR count). The lowest BCUT2D eigenvalue weighted by Gasteiger charge is -2.39. The molecular formula is C21H27N3O2. The number of carbonyl (C=O) groups is 1. The first kappa shape index (κ1) is 17.3. The van der Waals surface area contributed by atoms with Crippen LogP contribution in [0.2, 0.25) is 0 Å². The number of hydrogen-bond acceptors (Lipinski definition) is 3. The van der Waals surface area contributed by atoms with Gasteiger partial charge in [0.25, 0.3) is 0 Å². The number of aryl methyl sites for hydroxylation is 1. The second-order valence-corrected chi connectivity index (χ2v) is 7.57. The zero-order chi connectivity index (χ0) is 18.3. The number of rotatable bonds is 5. The van der Waals surface area contributed by atoms with Gasteiger partial charge in [0.1, 0.15) is 0 Å². The van der Waals surface area contributed by atoms with Crippen molar-refractivity contribution in [2.75, 3.05) is 26.7 Å². The Morgan fingerprint density at radius 3 is 2.96 bits per heavy atom. The number of aliphatic hydroxyl groups excluding tert-OH is 1. The Kier molecular flexibility index (Phi) is 4.59. The summed E-state index contributed by atoms with van der Waals surface area (Å²) in [6.07, 6.45) is 6.99. The highest BCUT2D eigenvalue weighted by atomic mass is 16.3. The molecule has 2 aromatic rings. The molecule has 2 N–H and O–H groups in total. The number of nitrogens with one attached hydrogen (secondary N) is 1. The van der Waals surface area contributed by atoms with Crippen molar-refractivity contribution in [3.63, 3.8) is 0 Å². The minimum absolute atomic E-state index is 0.0896. The van der Waals surface area contributed by atoms with Gasteiger partial charge in [-0.2, -0.15) is 0 Å². The topological polar surface area (TPSA) is 57.5 Å². The summed E-state index contributed by atoms with van der Waals surface area (Å²) >= 11 is 0. The highest BCUT2D eigenvalue weighted by Crippen LogP contribution is 2.41. The van der Waals surface area contributed by atoms with Gasteiger partial charge >= 0.3 is 0 Å². The quantitative estimate of drug-likeness (QED) is 0.808. The van der Waals surface area contributed by atoms with E-state index in [2.05, 4.69) is 59.4 Å². The van der Waals surface area contributed by atoms with Crippen LogP contribution in [0.15, 0.2) is 30.5 Å². The maximum Gasteiger partial charge on any atom is 0.228 e. The van der Waals surface area contributed by atoms with Crippen LogP contribution < -0.4 is 5.32 Å². The second kappa shape index (κ2) is 6.89. The molecule has 0 spiro atoms. The molecule has 0 radical (unpaired) electrons. The van der Waals surface area contributed by atoms with Gasteiger partial charge in [0, 0.05) is 49.9 Å². The first-order valence-corrected chi connectivity index (χ1v) is 9.48. The number of nitrogens with zero attached hydrogens (tertiary/aromatic N) is 2. The molecule has 1 aliphatic heterocycles. The summed E-state index contributed by atoms with van der Waals surface area (Å²) in [6, 6.07) is 6.82. The standard InChI is InChI=1S/C21H27N3O2/c1-23-12-14-11-19-17(16-6-5-7-18(23)20(14)16)10-15(13-24(19)2)21(26)22-8-3-4-9-25/h5-7,10,12,15,19,25H,3-4,8-9,11,13H2,1-2H3,(H,22,26)/t15-,19-/m1/s1. The molecule has 5 nitrogen and oxygen atoms in total. The number of fused-ring (bicyclic) bond motifs is 2. The van der Waals surface area contributed by atoms with Crippen LogP contribution in [0.1, 0.15) is 24.0 Å². The van der Waals surface area contributed by atoms with Gasteiger partial charge in [-0.3, -0.25) is 9.69 Å². The van der Waals surface area contributed by atoms with Crippen LogP contribution in [0.3, 0.4) is 0 Å². The number of benzene rings is 1. The van der Waals surface area contributed by atoms with E-state index >= 15 is 0 Å². The van der Waals surface area contributed by atoms with Gasteiger partial charge < -0.3 is 15.0 Å². The zero-order valence-electron chi connectivity index (χ0n) is 15.5. The Morgan fingerprint density at radius 1 is 1.31 bits per heavy atom. The van der Waals surface area contributed by atoms with Gasteiger partial charge in [-0.15, -0.1) is 0 Å². The third kappa shape index (κ3) is 2.85. The van der Waals surface area contributed by atoms with E-state index < -0.39 is 0 Å². The van der Waals surface area contributed by atoms with Gasteiger partial charge in [0.2, 0.25) is 5.91 Å². The van der Waals surface area contributed by atoms with Gasteiger partial charge in [-0.05, 0) is 49.1 Å². The lowest BCUT2D eigenvalue weighted by molar-refractivity contribution is -0.124. The van der Waals surface area contributed by atoms with E-state index in [0.717, 1.165) is 25.8 Å². The molecule has 2 heterocycles. The molecule has 1 aromatic heterocycles. The van der Waals surface area contributed by atoms with Crippen LogP contribution in [0, 0.1) is 5.92 Å². The number of likely N-dealkylation sites (N-methyl/N-ethyl adjacent to an activating group) is 1. The second-order valence-electron chi connectivity index (χ2n) is 7.57. The molecule has 1 aromatic carbocycles. The highest BCUT2D eigenvalue weighted by molar-refractivity contribution is 5.99. The van der Waals surface area contributed by atoms with Crippen LogP contribution in [0.5, 0.6) is 0 Å². The molecule has 1 amide bonds. The lowest BCUT2D eigenvalue weighted by atomic mass is 9.80. The average molecular weight is 353 g/mol. The van der Waals surface area contributed by atoms with E-state index in [0.29, 0.717) is 12.6 Å². The molecule has 138 valence electrons. The van der Waals surface area contributed by atoms with Crippen LogP contribution >= 0.6 is 0 Å². The van der Waals surface area contributed by atoms with E-state index in [1.54, 1.807) is 0 Å². The molecular weight excluding hydrogens is 326 g/mol. The van der Waals surface area contributed by atoms with Crippen molar-refractivity contribution in [2.45, 2.75) is 25.3 Å². The number of hydrogen-bond donors (Lipinski definition) is 2. The van der Waals surface area contributed by atoms with Crippen molar-refractivity contribution >= 4 is 22.4 Å². The highest BCUT2D eigenvalue weighted by Gasteiger charge is 2.35. The maximum absolute atomic E-state index is 12.6. The van der Waals surface area contributed by atoms with E-state index in [9.17, 15) is 4.79 Å². The molecule has 2 atom stereocenters. The predicted molar refractivity (Wildman–Crippen MR) is 104 cm³/mol. The summed E-state index contributed by atoms with van der Waals surface area (Å²) < 4.78 is 2.21. The van der Waals surface area contributed by atoms with Crippen molar-refractivity contribution in [1.82, 2.24) is 14.8 Å². The molecule has 0 unspecified atom stereocenters. The molecule has 1 aliphatic carbocycles. The van der Waals surface area contributed by atoms with E-state index in [1.165, 1.54) is 27.6 Å². The van der Waals surface area contributed by atoms with Crippen LogP contribution in [-0.4, -0.2) is 53.3 Å². The Morgan fingerprint density at radius 2 is 2.15 bits per heavy atom. The molecule has 2 aliphatic rings. The molecule has 0 saturated carbocycles. The van der Waals surface area contributed by atoms with Gasteiger partial charge in [0.15, 0.2) is 0 Å². The number of carbonyl (C=O) groups excluding carboxylic acids is 1. The van der Waals surface area contributed by atoms with E-state index in [-0.39, 0.29) is 18.4 Å². The zero-order valence-corrected chi connectivity index (χ0v) is 15.5. The summed E-state index contributed by atoms with van der Waals surface area (Å²) in [5.41, 5.74) is 5.23. The van der Waals surface area contributed by atoms with E-state index in [1.807, 2.05) is 0 Å². The minimum atomic E-state index is -0.124. The fourth-order valence-electron chi connectivity index (χ4n) is 4.47. The van der Waals surface area contributed by atoms with Crippen LogP contribution in [0.25, 0.3) is 16.5 Å². The number of unbranched alkanes of at least 4 members (excludes halogenated alkanes) is 1. The molecule has 0 saturated heterocycles.